The van der Waals surface area contributed by atoms with Crippen LogP contribution in [0.5, 0.6) is 0 Å². The Morgan fingerprint density at radius 3 is 3.18 bits per heavy atom. The molecule has 1 aliphatic heterocycles. The molecule has 1 unspecified atom stereocenters. The van der Waals surface area contributed by atoms with Gasteiger partial charge in [0.1, 0.15) is 0 Å². The van der Waals surface area contributed by atoms with Crippen molar-refractivity contribution in [3.05, 3.63) is 0 Å². The lowest BCUT2D eigenvalue weighted by Gasteiger charge is -2.19. The highest BCUT2D eigenvalue weighted by atomic mass is 35.5. The number of ether oxygens (including phenoxy) is 1. The molecule has 0 aliphatic carbocycles. The van der Waals surface area contributed by atoms with E-state index in [9.17, 15) is 0 Å². The molecule has 0 aromatic heterocycles. The fourth-order valence-corrected chi connectivity index (χ4v) is 1.64. The average molecular weight is 178 g/mol. The first-order valence-corrected chi connectivity index (χ1v) is 4.76. The largest absolute Gasteiger partial charge is 0.377 e. The highest BCUT2D eigenvalue weighted by Crippen LogP contribution is 2.04. The van der Waals surface area contributed by atoms with E-state index < -0.39 is 0 Å². The molecule has 3 heteroatoms. The Labute approximate surface area is 73.5 Å². The van der Waals surface area contributed by atoms with Crippen LogP contribution >= 0.6 is 11.6 Å². The van der Waals surface area contributed by atoms with E-state index in [0.717, 1.165) is 38.5 Å². The number of hydrogen-bond donors (Lipinski definition) is 0. The van der Waals surface area contributed by atoms with E-state index in [1.807, 2.05) is 0 Å². The van der Waals surface area contributed by atoms with Crippen molar-refractivity contribution in [1.29, 1.82) is 0 Å². The molecule has 11 heavy (non-hydrogen) atoms. The molecule has 1 aliphatic rings. The summed E-state index contributed by atoms with van der Waals surface area (Å²) in [6.07, 6.45) is 1.52. The first-order chi connectivity index (χ1) is 5.33. The Hall–Kier alpha value is 0.210. The van der Waals surface area contributed by atoms with Crippen molar-refractivity contribution < 1.29 is 4.74 Å². The SMILES string of the molecule is CC1CN(CCCl)CCCO1. The molecule has 1 rings (SSSR count). The quantitative estimate of drug-likeness (QED) is 0.591. The standard InChI is InChI=1S/C8H16ClNO/c1-8-7-10(5-3-9)4-2-6-11-8/h8H,2-7H2,1H3. The Bertz CT molecular complexity index is 110. The van der Waals surface area contributed by atoms with E-state index in [-0.39, 0.29) is 0 Å². The monoisotopic (exact) mass is 177 g/mol. The van der Waals surface area contributed by atoms with Crippen LogP contribution in [0.2, 0.25) is 0 Å². The van der Waals surface area contributed by atoms with Gasteiger partial charge in [0, 0.05) is 32.1 Å². The van der Waals surface area contributed by atoms with E-state index in [1.165, 1.54) is 0 Å². The molecule has 2 nitrogen and oxygen atoms in total. The predicted molar refractivity (Wildman–Crippen MR) is 47.2 cm³/mol. The van der Waals surface area contributed by atoms with Gasteiger partial charge in [0.25, 0.3) is 0 Å². The summed E-state index contributed by atoms with van der Waals surface area (Å²) in [7, 11) is 0. The highest BCUT2D eigenvalue weighted by molar-refractivity contribution is 6.18. The first-order valence-electron chi connectivity index (χ1n) is 4.23. The van der Waals surface area contributed by atoms with Crippen LogP contribution in [0.25, 0.3) is 0 Å². The molecule has 66 valence electrons. The number of alkyl halides is 1. The van der Waals surface area contributed by atoms with E-state index >= 15 is 0 Å². The molecule has 1 heterocycles. The van der Waals surface area contributed by atoms with Crippen molar-refractivity contribution in [3.63, 3.8) is 0 Å². The second kappa shape index (κ2) is 4.96. The highest BCUT2D eigenvalue weighted by Gasteiger charge is 2.13. The summed E-state index contributed by atoms with van der Waals surface area (Å²) in [5.41, 5.74) is 0. The molecular formula is C8H16ClNO. The van der Waals surface area contributed by atoms with Gasteiger partial charge >= 0.3 is 0 Å². The smallest absolute Gasteiger partial charge is 0.0673 e. The zero-order chi connectivity index (χ0) is 8.10. The second-order valence-electron chi connectivity index (χ2n) is 3.02. The van der Waals surface area contributed by atoms with Gasteiger partial charge in [-0.15, -0.1) is 11.6 Å². The van der Waals surface area contributed by atoms with Crippen LogP contribution in [-0.4, -0.2) is 43.1 Å². The third kappa shape index (κ3) is 3.41. The zero-order valence-corrected chi connectivity index (χ0v) is 7.81. The van der Waals surface area contributed by atoms with Crippen molar-refractivity contribution >= 4 is 11.6 Å². The Morgan fingerprint density at radius 1 is 1.64 bits per heavy atom. The minimum absolute atomic E-state index is 0.376. The van der Waals surface area contributed by atoms with Gasteiger partial charge in [-0.1, -0.05) is 0 Å². The Kier molecular flexibility index (Phi) is 4.20. The number of rotatable bonds is 2. The normalized spacial score (nSPS) is 28.4. The molecule has 1 atom stereocenters. The molecule has 0 aromatic rings. The molecule has 0 N–H and O–H groups in total. The molecule has 0 saturated carbocycles. The van der Waals surface area contributed by atoms with Crippen molar-refractivity contribution in [1.82, 2.24) is 4.90 Å². The molecular weight excluding hydrogens is 162 g/mol. The molecule has 0 spiro atoms. The predicted octanol–water partition coefficient (Wildman–Crippen LogP) is 1.34. The Morgan fingerprint density at radius 2 is 2.45 bits per heavy atom. The minimum Gasteiger partial charge on any atom is -0.377 e. The van der Waals surface area contributed by atoms with Crippen LogP contribution in [0, 0.1) is 0 Å². The first kappa shape index (κ1) is 9.30. The van der Waals surface area contributed by atoms with Gasteiger partial charge in [0.2, 0.25) is 0 Å². The summed E-state index contributed by atoms with van der Waals surface area (Å²) in [5.74, 6) is 0.729. The van der Waals surface area contributed by atoms with Gasteiger partial charge < -0.3 is 4.74 Å². The lowest BCUT2D eigenvalue weighted by atomic mass is 10.3. The zero-order valence-electron chi connectivity index (χ0n) is 7.05. The van der Waals surface area contributed by atoms with Crippen LogP contribution in [0.1, 0.15) is 13.3 Å². The van der Waals surface area contributed by atoms with Gasteiger partial charge in [0.05, 0.1) is 6.10 Å². The van der Waals surface area contributed by atoms with Gasteiger partial charge in [-0.3, -0.25) is 4.90 Å². The van der Waals surface area contributed by atoms with Crippen LogP contribution in [0.3, 0.4) is 0 Å². The second-order valence-corrected chi connectivity index (χ2v) is 3.40. The van der Waals surface area contributed by atoms with Crippen molar-refractivity contribution in [2.75, 3.05) is 32.1 Å². The summed E-state index contributed by atoms with van der Waals surface area (Å²) >= 11 is 5.65. The van der Waals surface area contributed by atoms with Crippen molar-refractivity contribution in [2.24, 2.45) is 0 Å². The molecule has 0 aromatic carbocycles. The van der Waals surface area contributed by atoms with E-state index in [2.05, 4.69) is 11.8 Å². The summed E-state index contributed by atoms with van der Waals surface area (Å²) < 4.78 is 5.49. The molecule has 0 bridgehead atoms. The topological polar surface area (TPSA) is 12.5 Å². The van der Waals surface area contributed by atoms with E-state index in [4.69, 9.17) is 16.3 Å². The fraction of sp³-hybridized carbons (Fsp3) is 1.00. The fourth-order valence-electron chi connectivity index (χ4n) is 1.40. The van der Waals surface area contributed by atoms with Crippen LogP contribution in [0.15, 0.2) is 0 Å². The van der Waals surface area contributed by atoms with Gasteiger partial charge in [-0.2, -0.15) is 0 Å². The van der Waals surface area contributed by atoms with Crippen molar-refractivity contribution in [2.45, 2.75) is 19.4 Å². The maximum atomic E-state index is 5.65. The lowest BCUT2D eigenvalue weighted by molar-refractivity contribution is 0.0686. The van der Waals surface area contributed by atoms with Gasteiger partial charge in [-0.05, 0) is 13.3 Å². The van der Waals surface area contributed by atoms with E-state index in [1.54, 1.807) is 0 Å². The van der Waals surface area contributed by atoms with Gasteiger partial charge in [0.15, 0.2) is 0 Å². The third-order valence-electron chi connectivity index (χ3n) is 1.94. The lowest BCUT2D eigenvalue weighted by Crippen LogP contribution is -2.31. The van der Waals surface area contributed by atoms with Gasteiger partial charge in [-0.25, -0.2) is 0 Å². The van der Waals surface area contributed by atoms with Crippen LogP contribution < -0.4 is 0 Å². The summed E-state index contributed by atoms with van der Waals surface area (Å²) in [6.45, 7) is 6.19. The van der Waals surface area contributed by atoms with Crippen LogP contribution in [0.4, 0.5) is 0 Å². The molecule has 0 radical (unpaired) electrons. The summed E-state index contributed by atoms with van der Waals surface area (Å²) in [4.78, 5) is 2.37. The minimum atomic E-state index is 0.376. The Balaban J connectivity index is 2.27. The summed E-state index contributed by atoms with van der Waals surface area (Å²) in [6, 6.07) is 0. The number of hydrogen-bond acceptors (Lipinski definition) is 2. The molecule has 1 fully saturated rings. The van der Waals surface area contributed by atoms with E-state index in [0.29, 0.717) is 6.10 Å². The molecule has 1 saturated heterocycles. The maximum Gasteiger partial charge on any atom is 0.0673 e. The van der Waals surface area contributed by atoms with Crippen molar-refractivity contribution in [3.8, 4) is 0 Å². The van der Waals surface area contributed by atoms with Crippen LogP contribution in [-0.2, 0) is 4.74 Å². The summed E-state index contributed by atoms with van der Waals surface area (Å²) in [5, 5.41) is 0. The third-order valence-corrected chi connectivity index (χ3v) is 2.11. The molecule has 0 amide bonds. The maximum absolute atomic E-state index is 5.65. The number of halogens is 1. The average Bonchev–Trinajstić information content (AvgIpc) is 2.15. The number of nitrogens with zero attached hydrogens (tertiary/aromatic N) is 1.